The first-order valence-corrected chi connectivity index (χ1v) is 5.49. The highest BCUT2D eigenvalue weighted by Crippen LogP contribution is 2.26. The van der Waals surface area contributed by atoms with Gasteiger partial charge >= 0.3 is 0 Å². The Hall–Kier alpha value is -0.670. The van der Waals surface area contributed by atoms with Crippen LogP contribution in [0.3, 0.4) is 0 Å². The highest BCUT2D eigenvalue weighted by molar-refractivity contribution is 5.85. The van der Waals surface area contributed by atoms with Crippen molar-refractivity contribution in [3.8, 4) is 0 Å². The van der Waals surface area contributed by atoms with Crippen molar-refractivity contribution in [1.29, 1.82) is 0 Å². The maximum absolute atomic E-state index is 14.3. The van der Waals surface area contributed by atoms with Crippen molar-refractivity contribution >= 4 is 12.4 Å². The first kappa shape index (κ1) is 13.4. The van der Waals surface area contributed by atoms with Gasteiger partial charge in [0.1, 0.15) is 5.67 Å². The van der Waals surface area contributed by atoms with Crippen LogP contribution < -0.4 is 5.32 Å². The summed E-state index contributed by atoms with van der Waals surface area (Å²) in [7, 11) is 0. The fourth-order valence-electron chi connectivity index (χ4n) is 1.98. The minimum atomic E-state index is -1.05. The lowest BCUT2D eigenvalue weighted by Gasteiger charge is -2.29. The third kappa shape index (κ3) is 3.42. The molecule has 0 saturated carbocycles. The van der Waals surface area contributed by atoms with Crippen molar-refractivity contribution in [3.05, 3.63) is 29.6 Å². The number of hydrogen-bond acceptors (Lipinski definition) is 2. The summed E-state index contributed by atoms with van der Waals surface area (Å²) in [5, 5.41) is 3.17. The molecule has 1 N–H and O–H groups in total. The molecule has 16 heavy (non-hydrogen) atoms. The van der Waals surface area contributed by atoms with Crippen LogP contribution in [0, 0.1) is 6.92 Å². The van der Waals surface area contributed by atoms with Crippen LogP contribution in [-0.2, 0) is 6.42 Å². The van der Waals surface area contributed by atoms with Gasteiger partial charge in [-0.25, -0.2) is 4.39 Å². The van der Waals surface area contributed by atoms with Crippen LogP contribution in [0.2, 0.25) is 0 Å². The number of pyridine rings is 1. The molecule has 1 saturated heterocycles. The molecule has 0 aromatic carbocycles. The number of rotatable bonds is 2. The molecule has 1 fully saturated rings. The van der Waals surface area contributed by atoms with Gasteiger partial charge < -0.3 is 5.32 Å². The molecule has 0 atom stereocenters. The Balaban J connectivity index is 0.00000128. The van der Waals surface area contributed by atoms with Gasteiger partial charge in [-0.2, -0.15) is 0 Å². The molecule has 90 valence electrons. The number of piperidine rings is 1. The fraction of sp³-hybridized carbons (Fsp3) is 0.583. The zero-order valence-corrected chi connectivity index (χ0v) is 10.3. The molecule has 1 aromatic heterocycles. The van der Waals surface area contributed by atoms with Crippen molar-refractivity contribution < 1.29 is 4.39 Å². The molecular weight excluding hydrogens is 227 g/mol. The second-order valence-corrected chi connectivity index (χ2v) is 4.40. The molecule has 1 aromatic rings. The first-order chi connectivity index (χ1) is 7.18. The first-order valence-electron chi connectivity index (χ1n) is 5.49. The van der Waals surface area contributed by atoms with E-state index in [1.807, 2.05) is 19.1 Å². The normalized spacial score (nSPS) is 18.9. The lowest BCUT2D eigenvalue weighted by atomic mass is 9.89. The monoisotopic (exact) mass is 244 g/mol. The Morgan fingerprint density at radius 3 is 2.62 bits per heavy atom. The molecule has 2 heterocycles. The summed E-state index contributed by atoms with van der Waals surface area (Å²) < 4.78 is 14.3. The molecule has 0 unspecified atom stereocenters. The maximum Gasteiger partial charge on any atom is 0.119 e. The molecule has 0 radical (unpaired) electrons. The van der Waals surface area contributed by atoms with E-state index >= 15 is 0 Å². The fourth-order valence-corrected chi connectivity index (χ4v) is 1.98. The van der Waals surface area contributed by atoms with Crippen LogP contribution >= 0.6 is 12.4 Å². The third-order valence-electron chi connectivity index (χ3n) is 2.97. The van der Waals surface area contributed by atoms with Crippen LogP contribution in [0.5, 0.6) is 0 Å². The predicted octanol–water partition coefficient (Wildman–Crippen LogP) is 2.45. The predicted molar refractivity (Wildman–Crippen MR) is 65.9 cm³/mol. The summed E-state index contributed by atoms with van der Waals surface area (Å²) in [6, 6.07) is 3.92. The van der Waals surface area contributed by atoms with Gasteiger partial charge in [0.05, 0.1) is 0 Å². The van der Waals surface area contributed by atoms with Gasteiger partial charge in [-0.3, -0.25) is 4.98 Å². The van der Waals surface area contributed by atoms with E-state index in [1.54, 1.807) is 6.20 Å². The maximum atomic E-state index is 14.3. The standard InChI is InChI=1S/C12H17FN2.ClH/c1-10-2-3-11(15-9-10)8-12(13)4-6-14-7-5-12;/h2-3,9,14H,4-8H2,1H3;1H. The summed E-state index contributed by atoms with van der Waals surface area (Å²) in [6.07, 6.45) is 3.46. The average molecular weight is 245 g/mol. The van der Waals surface area contributed by atoms with Crippen molar-refractivity contribution in [2.24, 2.45) is 0 Å². The summed E-state index contributed by atoms with van der Waals surface area (Å²) in [5.41, 5.74) is 0.940. The third-order valence-corrected chi connectivity index (χ3v) is 2.97. The number of aromatic nitrogens is 1. The van der Waals surface area contributed by atoms with E-state index < -0.39 is 5.67 Å². The molecule has 4 heteroatoms. The van der Waals surface area contributed by atoms with Crippen molar-refractivity contribution in [2.45, 2.75) is 31.9 Å². The Morgan fingerprint density at radius 2 is 2.06 bits per heavy atom. The Labute approximate surface area is 102 Å². The van der Waals surface area contributed by atoms with E-state index in [9.17, 15) is 4.39 Å². The van der Waals surface area contributed by atoms with Crippen LogP contribution in [0.15, 0.2) is 18.3 Å². The quantitative estimate of drug-likeness (QED) is 0.865. The number of hydrogen-bond donors (Lipinski definition) is 1. The van der Waals surface area contributed by atoms with Gasteiger partial charge in [0.25, 0.3) is 0 Å². The summed E-state index contributed by atoms with van der Waals surface area (Å²) in [4.78, 5) is 4.26. The largest absolute Gasteiger partial charge is 0.316 e. The van der Waals surface area contributed by atoms with Gasteiger partial charge in [-0.05, 0) is 44.5 Å². The second kappa shape index (κ2) is 5.60. The Bertz CT molecular complexity index is 320. The Morgan fingerprint density at radius 1 is 1.38 bits per heavy atom. The van der Waals surface area contributed by atoms with E-state index in [0.29, 0.717) is 19.3 Å². The van der Waals surface area contributed by atoms with Crippen LogP contribution in [0.4, 0.5) is 4.39 Å². The van der Waals surface area contributed by atoms with E-state index in [4.69, 9.17) is 0 Å². The second-order valence-electron chi connectivity index (χ2n) is 4.40. The number of nitrogens with zero attached hydrogens (tertiary/aromatic N) is 1. The number of halogens is 2. The van der Waals surface area contributed by atoms with Gasteiger partial charge in [0, 0.05) is 18.3 Å². The molecular formula is C12H18ClFN2. The lowest BCUT2D eigenvalue weighted by Crippen LogP contribution is -2.40. The minimum absolute atomic E-state index is 0. The topological polar surface area (TPSA) is 24.9 Å². The van der Waals surface area contributed by atoms with Crippen LogP contribution in [0.25, 0.3) is 0 Å². The molecule has 1 aliphatic rings. The molecule has 1 aliphatic heterocycles. The number of aryl methyl sites for hydroxylation is 1. The van der Waals surface area contributed by atoms with E-state index in [-0.39, 0.29) is 12.4 Å². The molecule has 0 aliphatic carbocycles. The smallest absolute Gasteiger partial charge is 0.119 e. The molecule has 2 nitrogen and oxygen atoms in total. The van der Waals surface area contributed by atoms with Crippen LogP contribution in [0.1, 0.15) is 24.1 Å². The van der Waals surface area contributed by atoms with Crippen LogP contribution in [-0.4, -0.2) is 23.7 Å². The lowest BCUT2D eigenvalue weighted by molar-refractivity contribution is 0.115. The van der Waals surface area contributed by atoms with Gasteiger partial charge in [0.2, 0.25) is 0 Å². The van der Waals surface area contributed by atoms with Gasteiger partial charge in [0.15, 0.2) is 0 Å². The average Bonchev–Trinajstić information content (AvgIpc) is 2.22. The zero-order valence-electron chi connectivity index (χ0n) is 9.50. The zero-order chi connectivity index (χ0) is 10.7. The SMILES string of the molecule is Cc1ccc(CC2(F)CCNCC2)nc1.Cl. The molecule has 0 bridgehead atoms. The van der Waals surface area contributed by atoms with Gasteiger partial charge in [-0.1, -0.05) is 6.07 Å². The molecule has 0 amide bonds. The van der Waals surface area contributed by atoms with Gasteiger partial charge in [-0.15, -0.1) is 12.4 Å². The molecule has 2 rings (SSSR count). The number of alkyl halides is 1. The minimum Gasteiger partial charge on any atom is -0.316 e. The highest BCUT2D eigenvalue weighted by atomic mass is 35.5. The summed E-state index contributed by atoms with van der Waals surface area (Å²) >= 11 is 0. The summed E-state index contributed by atoms with van der Waals surface area (Å²) in [6.45, 7) is 3.55. The van der Waals surface area contributed by atoms with E-state index in [1.165, 1.54) is 0 Å². The highest BCUT2D eigenvalue weighted by Gasteiger charge is 2.32. The van der Waals surface area contributed by atoms with Crippen molar-refractivity contribution in [2.75, 3.05) is 13.1 Å². The molecule has 0 spiro atoms. The van der Waals surface area contributed by atoms with E-state index in [0.717, 1.165) is 24.3 Å². The Kier molecular flexibility index (Phi) is 4.69. The van der Waals surface area contributed by atoms with E-state index in [2.05, 4.69) is 10.3 Å². The summed E-state index contributed by atoms with van der Waals surface area (Å²) in [5.74, 6) is 0. The number of nitrogens with one attached hydrogen (secondary N) is 1. The van der Waals surface area contributed by atoms with Crippen molar-refractivity contribution in [1.82, 2.24) is 10.3 Å². The van der Waals surface area contributed by atoms with Crippen molar-refractivity contribution in [3.63, 3.8) is 0 Å².